The molecular weight excluding hydrogens is 270 g/mol. The molecule has 1 fully saturated rings. The number of nitrogens with two attached hydrogens (primary N) is 1. The highest BCUT2D eigenvalue weighted by Crippen LogP contribution is 2.37. The molecule has 2 aliphatic heterocycles. The highest BCUT2D eigenvalue weighted by atomic mass is 16.6. The van der Waals surface area contributed by atoms with E-state index in [0.717, 1.165) is 0 Å². The van der Waals surface area contributed by atoms with Crippen LogP contribution in [-0.4, -0.2) is 54.7 Å². The summed E-state index contributed by atoms with van der Waals surface area (Å²) >= 11 is 0. The summed E-state index contributed by atoms with van der Waals surface area (Å²) in [5, 5.41) is 19.9. The molecule has 0 saturated carbocycles. The molecule has 10 heteroatoms. The zero-order chi connectivity index (χ0) is 14.0. The van der Waals surface area contributed by atoms with Gasteiger partial charge in [0.1, 0.15) is 24.9 Å². The van der Waals surface area contributed by atoms with Crippen molar-refractivity contribution in [3.05, 3.63) is 10.4 Å². The maximum atomic E-state index is 11.8. The van der Waals surface area contributed by atoms with Crippen molar-refractivity contribution in [2.75, 3.05) is 12.3 Å². The summed E-state index contributed by atoms with van der Waals surface area (Å²) in [5.74, 6) is -0.0842. The molecule has 2 aromatic rings. The van der Waals surface area contributed by atoms with Crippen molar-refractivity contribution in [1.29, 1.82) is 0 Å². The van der Waals surface area contributed by atoms with Gasteiger partial charge in [-0.2, -0.15) is 9.97 Å². The van der Waals surface area contributed by atoms with Crippen LogP contribution in [0.4, 0.5) is 5.95 Å². The predicted molar refractivity (Wildman–Crippen MR) is 64.0 cm³/mol. The van der Waals surface area contributed by atoms with Crippen LogP contribution in [0.5, 0.6) is 6.01 Å². The van der Waals surface area contributed by atoms with Gasteiger partial charge in [0.2, 0.25) is 5.95 Å². The summed E-state index contributed by atoms with van der Waals surface area (Å²) in [6.07, 6.45) is -3.83. The highest BCUT2D eigenvalue weighted by molar-refractivity contribution is 5.72. The molecule has 4 atom stereocenters. The Kier molecular flexibility index (Phi) is 2.14. The fourth-order valence-electron chi connectivity index (χ4n) is 2.55. The van der Waals surface area contributed by atoms with Gasteiger partial charge < -0.3 is 25.4 Å². The summed E-state index contributed by atoms with van der Waals surface area (Å²) in [6.45, 7) is 0.0193. The number of ether oxygens (including phenoxy) is 2. The smallest absolute Gasteiger partial charge is 0.301 e. The average Bonchev–Trinajstić information content (AvgIpc) is 2.80. The third kappa shape index (κ3) is 1.35. The summed E-state index contributed by atoms with van der Waals surface area (Å²) in [4.78, 5) is 22.2. The van der Waals surface area contributed by atoms with E-state index in [1.807, 2.05) is 0 Å². The molecule has 0 spiro atoms. The van der Waals surface area contributed by atoms with E-state index in [9.17, 15) is 15.0 Å². The van der Waals surface area contributed by atoms with Crippen LogP contribution >= 0.6 is 0 Å². The van der Waals surface area contributed by atoms with Crippen molar-refractivity contribution in [1.82, 2.24) is 19.5 Å². The predicted octanol–water partition coefficient (Wildman–Crippen LogP) is -2.29. The quantitative estimate of drug-likeness (QED) is 0.421. The number of H-pyrrole nitrogens is 1. The molecule has 2 aromatic heterocycles. The lowest BCUT2D eigenvalue weighted by Crippen LogP contribution is -2.36. The van der Waals surface area contributed by atoms with Gasteiger partial charge in [0.15, 0.2) is 17.4 Å². The van der Waals surface area contributed by atoms with Gasteiger partial charge in [-0.25, -0.2) is 4.57 Å². The number of rotatable bonds is 0. The zero-order valence-electron chi connectivity index (χ0n) is 10.1. The van der Waals surface area contributed by atoms with Gasteiger partial charge in [-0.05, 0) is 0 Å². The van der Waals surface area contributed by atoms with Crippen molar-refractivity contribution >= 4 is 17.1 Å². The highest BCUT2D eigenvalue weighted by Gasteiger charge is 2.48. The Morgan fingerprint density at radius 3 is 2.95 bits per heavy atom. The van der Waals surface area contributed by atoms with Gasteiger partial charge >= 0.3 is 6.01 Å². The monoisotopic (exact) mass is 281 g/mol. The topological polar surface area (TPSA) is 149 Å². The molecule has 4 heterocycles. The van der Waals surface area contributed by atoms with Crippen molar-refractivity contribution in [3.63, 3.8) is 0 Å². The third-order valence-electron chi connectivity index (χ3n) is 3.50. The van der Waals surface area contributed by atoms with E-state index in [1.54, 1.807) is 0 Å². The van der Waals surface area contributed by atoms with Crippen LogP contribution in [0.3, 0.4) is 0 Å². The van der Waals surface area contributed by atoms with Gasteiger partial charge in [-0.15, -0.1) is 0 Å². The van der Waals surface area contributed by atoms with Crippen LogP contribution in [-0.2, 0) is 4.74 Å². The molecule has 0 unspecified atom stereocenters. The van der Waals surface area contributed by atoms with Crippen molar-refractivity contribution in [3.8, 4) is 6.01 Å². The number of nitrogens with zero attached hydrogens (tertiary/aromatic N) is 3. The van der Waals surface area contributed by atoms with E-state index < -0.39 is 30.1 Å². The van der Waals surface area contributed by atoms with Crippen molar-refractivity contribution in [2.24, 2.45) is 0 Å². The van der Waals surface area contributed by atoms with Gasteiger partial charge in [-0.3, -0.25) is 9.78 Å². The molecule has 106 valence electrons. The second kappa shape index (κ2) is 3.69. The second-order valence-electron chi connectivity index (χ2n) is 4.75. The summed E-state index contributed by atoms with van der Waals surface area (Å²) in [5.41, 5.74) is 5.17. The maximum Gasteiger partial charge on any atom is 0.301 e. The first kappa shape index (κ1) is 11.6. The van der Waals surface area contributed by atoms with E-state index in [4.69, 9.17) is 15.2 Å². The van der Waals surface area contributed by atoms with Gasteiger partial charge in [0, 0.05) is 0 Å². The molecule has 10 nitrogen and oxygen atoms in total. The van der Waals surface area contributed by atoms with Crippen LogP contribution in [0.25, 0.3) is 11.2 Å². The largest absolute Gasteiger partial charge is 0.462 e. The second-order valence-corrected chi connectivity index (χ2v) is 4.75. The summed E-state index contributed by atoms with van der Waals surface area (Å²) in [7, 11) is 0. The van der Waals surface area contributed by atoms with Crippen molar-refractivity contribution < 1.29 is 19.7 Å². The van der Waals surface area contributed by atoms with Gasteiger partial charge in [0.25, 0.3) is 5.56 Å². The van der Waals surface area contributed by atoms with Gasteiger partial charge in [0.05, 0.1) is 0 Å². The first-order valence-corrected chi connectivity index (χ1v) is 5.98. The first-order valence-electron chi connectivity index (χ1n) is 5.98. The van der Waals surface area contributed by atoms with Crippen molar-refractivity contribution in [2.45, 2.75) is 24.5 Å². The van der Waals surface area contributed by atoms with Crippen LogP contribution < -0.4 is 16.0 Å². The minimum atomic E-state index is -1.16. The fourth-order valence-corrected chi connectivity index (χ4v) is 2.55. The van der Waals surface area contributed by atoms with Crippen LogP contribution in [0.15, 0.2) is 4.79 Å². The number of aromatic nitrogens is 4. The average molecular weight is 281 g/mol. The Morgan fingerprint density at radius 2 is 2.15 bits per heavy atom. The molecule has 4 rings (SSSR count). The molecule has 0 aliphatic carbocycles. The fraction of sp³-hybridized carbons (Fsp3) is 0.500. The number of imidazole rings is 1. The number of hydrogen-bond acceptors (Lipinski definition) is 8. The lowest BCUT2D eigenvalue weighted by molar-refractivity contribution is -0.0295. The standard InChI is InChI=1S/C10H11N5O5/c11-9-13-6-3(7(18)14-9)12-10-15(6)8-5(17)4(16)2(20-8)1-19-10/h2,4-5,8,16-17H,1H2,(H3,11,13,14,18)/t2-,4+,5+,8-/m1/s1. The molecule has 2 bridgehead atoms. The lowest BCUT2D eigenvalue weighted by atomic mass is 10.1. The number of hydrogen-bond donors (Lipinski definition) is 4. The molecule has 0 aromatic carbocycles. The van der Waals surface area contributed by atoms with Gasteiger partial charge in [-0.1, -0.05) is 0 Å². The lowest BCUT2D eigenvalue weighted by Gasteiger charge is -2.19. The van der Waals surface area contributed by atoms with E-state index in [-0.39, 0.29) is 29.7 Å². The molecule has 1 saturated heterocycles. The third-order valence-corrected chi connectivity index (χ3v) is 3.50. The maximum absolute atomic E-state index is 11.8. The first-order chi connectivity index (χ1) is 9.56. The number of aromatic amines is 1. The molecule has 20 heavy (non-hydrogen) atoms. The number of nitrogen functional groups attached to an aromatic ring is 1. The molecule has 0 amide bonds. The number of nitrogens with one attached hydrogen (secondary N) is 1. The number of aliphatic hydroxyl groups excluding tert-OH is 2. The molecule has 5 N–H and O–H groups in total. The summed E-state index contributed by atoms with van der Waals surface area (Å²) < 4.78 is 12.3. The Hall–Kier alpha value is -2.17. The number of aliphatic hydroxyl groups is 2. The van der Waals surface area contributed by atoms with Crippen LogP contribution in [0, 0.1) is 0 Å². The Morgan fingerprint density at radius 1 is 1.35 bits per heavy atom. The Bertz CT molecular complexity index is 754. The molecule has 2 aliphatic rings. The van der Waals surface area contributed by atoms with Crippen LogP contribution in [0.2, 0.25) is 0 Å². The summed E-state index contributed by atoms with van der Waals surface area (Å²) in [6, 6.07) is 0.0991. The van der Waals surface area contributed by atoms with E-state index in [2.05, 4.69) is 15.0 Å². The van der Waals surface area contributed by atoms with E-state index >= 15 is 0 Å². The normalized spacial score (nSPS) is 31.9. The van der Waals surface area contributed by atoms with Crippen LogP contribution in [0.1, 0.15) is 6.23 Å². The van der Waals surface area contributed by atoms with E-state index in [1.165, 1.54) is 4.57 Å². The number of anilines is 1. The van der Waals surface area contributed by atoms with E-state index in [0.29, 0.717) is 0 Å². The molecular formula is C10H11N5O5. The number of fused-ring (bicyclic) bond motifs is 6. The Balaban J connectivity index is 2.01. The zero-order valence-corrected chi connectivity index (χ0v) is 10.1. The molecule has 0 radical (unpaired) electrons. The Labute approximate surface area is 110 Å². The SMILES string of the molecule is Nc1nc2c(nc3n2[C@@H]2O[C@H](CO3)[C@H](O)[C@@H]2O)c(=O)[nH]1. The minimum Gasteiger partial charge on any atom is -0.462 e. The minimum absolute atomic E-state index is 0.0193.